The van der Waals surface area contributed by atoms with Gasteiger partial charge in [-0.1, -0.05) is 18.2 Å². The third-order valence-corrected chi connectivity index (χ3v) is 4.44. The van der Waals surface area contributed by atoms with Gasteiger partial charge in [0.2, 0.25) is 0 Å². The second-order valence-electron chi connectivity index (χ2n) is 4.76. The van der Waals surface area contributed by atoms with E-state index in [-0.39, 0.29) is 36.7 Å². The fourth-order valence-corrected chi connectivity index (χ4v) is 3.47. The van der Waals surface area contributed by atoms with E-state index in [1.807, 2.05) is 12.1 Å². The zero-order valence-corrected chi connectivity index (χ0v) is 13.9. The summed E-state index contributed by atoms with van der Waals surface area (Å²) in [6.45, 7) is 4.09. The molecule has 0 spiro atoms. The second-order valence-corrected chi connectivity index (χ2v) is 5.73. The van der Waals surface area contributed by atoms with Gasteiger partial charge < -0.3 is 5.32 Å². The predicted octanol–water partition coefficient (Wildman–Crippen LogP) is 3.73. The van der Waals surface area contributed by atoms with Crippen LogP contribution >= 0.6 is 36.2 Å². The second kappa shape index (κ2) is 8.71. The van der Waals surface area contributed by atoms with Crippen molar-refractivity contribution >= 4 is 36.2 Å². The highest BCUT2D eigenvalue weighted by atomic mass is 35.5. The van der Waals surface area contributed by atoms with Gasteiger partial charge in [-0.2, -0.15) is 0 Å². The van der Waals surface area contributed by atoms with Gasteiger partial charge in [0.25, 0.3) is 0 Å². The van der Waals surface area contributed by atoms with Gasteiger partial charge in [-0.15, -0.1) is 36.2 Å². The van der Waals surface area contributed by atoms with E-state index in [1.54, 1.807) is 23.5 Å². The highest BCUT2D eigenvalue weighted by Gasteiger charge is 2.24. The topological polar surface area (TPSA) is 15.3 Å². The van der Waals surface area contributed by atoms with Crippen LogP contribution in [0, 0.1) is 5.82 Å². The van der Waals surface area contributed by atoms with Gasteiger partial charge in [0.15, 0.2) is 0 Å². The molecule has 1 aromatic carbocycles. The maximum Gasteiger partial charge on any atom is 0.123 e. The molecule has 3 rings (SSSR count). The fraction of sp³-hybridized carbons (Fsp3) is 0.333. The van der Waals surface area contributed by atoms with E-state index in [0.29, 0.717) is 0 Å². The average molecular weight is 349 g/mol. The first-order valence-electron chi connectivity index (χ1n) is 6.58. The Morgan fingerprint density at radius 3 is 2.29 bits per heavy atom. The molecule has 1 aliphatic rings. The molecule has 0 radical (unpaired) electrons. The van der Waals surface area contributed by atoms with Crippen LogP contribution in [0.5, 0.6) is 0 Å². The summed E-state index contributed by atoms with van der Waals surface area (Å²) in [4.78, 5) is 3.80. The van der Waals surface area contributed by atoms with Crippen LogP contribution in [0.15, 0.2) is 41.8 Å². The molecule has 0 unspecified atom stereocenters. The van der Waals surface area contributed by atoms with Gasteiger partial charge in [-0.3, -0.25) is 4.90 Å². The molecule has 0 saturated carbocycles. The van der Waals surface area contributed by atoms with Gasteiger partial charge in [0.1, 0.15) is 5.82 Å². The number of thiophene rings is 1. The number of hydrogen-bond donors (Lipinski definition) is 1. The molecule has 2 aromatic rings. The molecule has 0 amide bonds. The van der Waals surface area contributed by atoms with Crippen molar-refractivity contribution in [2.45, 2.75) is 6.04 Å². The number of halogens is 3. The largest absolute Gasteiger partial charge is 0.314 e. The smallest absolute Gasteiger partial charge is 0.123 e. The van der Waals surface area contributed by atoms with Crippen molar-refractivity contribution in [3.05, 3.63) is 58.0 Å². The lowest BCUT2D eigenvalue weighted by Gasteiger charge is -2.34. The predicted molar refractivity (Wildman–Crippen MR) is 91.5 cm³/mol. The van der Waals surface area contributed by atoms with E-state index < -0.39 is 0 Å². The Morgan fingerprint density at radius 1 is 1.05 bits per heavy atom. The van der Waals surface area contributed by atoms with Crippen molar-refractivity contribution in [2.24, 2.45) is 0 Å². The lowest BCUT2D eigenvalue weighted by atomic mass is 10.0. The molecule has 1 saturated heterocycles. The highest BCUT2D eigenvalue weighted by molar-refractivity contribution is 7.10. The molecular formula is C15H19Cl2FN2S. The zero-order valence-electron chi connectivity index (χ0n) is 11.5. The minimum atomic E-state index is -0.172. The van der Waals surface area contributed by atoms with Crippen molar-refractivity contribution in [2.75, 3.05) is 26.2 Å². The summed E-state index contributed by atoms with van der Waals surface area (Å²) in [7, 11) is 0. The molecule has 116 valence electrons. The Bertz CT molecular complexity index is 513. The van der Waals surface area contributed by atoms with Crippen LogP contribution in [0.2, 0.25) is 0 Å². The summed E-state index contributed by atoms with van der Waals surface area (Å²) in [6.07, 6.45) is 0. The number of benzene rings is 1. The minimum absolute atomic E-state index is 0. The molecule has 1 N–H and O–H groups in total. The van der Waals surface area contributed by atoms with E-state index in [0.717, 1.165) is 26.2 Å². The molecule has 1 aliphatic heterocycles. The molecule has 1 fully saturated rings. The Morgan fingerprint density at radius 2 is 1.71 bits per heavy atom. The third kappa shape index (κ3) is 4.41. The van der Waals surface area contributed by atoms with E-state index in [1.165, 1.54) is 10.4 Å². The van der Waals surface area contributed by atoms with Crippen molar-refractivity contribution in [1.29, 1.82) is 0 Å². The molecule has 2 heterocycles. The molecule has 2 nitrogen and oxygen atoms in total. The molecule has 6 heteroatoms. The summed E-state index contributed by atoms with van der Waals surface area (Å²) in [6, 6.07) is 11.4. The number of hydrogen-bond acceptors (Lipinski definition) is 3. The van der Waals surface area contributed by atoms with Gasteiger partial charge in [-0.05, 0) is 29.1 Å². The van der Waals surface area contributed by atoms with E-state index in [4.69, 9.17) is 0 Å². The number of rotatable bonds is 3. The lowest BCUT2D eigenvalue weighted by molar-refractivity contribution is 0.200. The van der Waals surface area contributed by atoms with Gasteiger partial charge in [0.05, 0.1) is 6.04 Å². The van der Waals surface area contributed by atoms with Crippen molar-refractivity contribution in [3.8, 4) is 0 Å². The van der Waals surface area contributed by atoms with Crippen LogP contribution in [-0.4, -0.2) is 31.1 Å². The van der Waals surface area contributed by atoms with Crippen LogP contribution in [0.3, 0.4) is 0 Å². The first kappa shape index (κ1) is 18.4. The maximum atomic E-state index is 13.1. The molecular weight excluding hydrogens is 330 g/mol. The van der Waals surface area contributed by atoms with Crippen LogP contribution in [0.1, 0.15) is 16.5 Å². The maximum absolute atomic E-state index is 13.1. The SMILES string of the molecule is Cl.Cl.Fc1ccc([C@@H](c2cccs2)N2CCNCC2)cc1. The molecule has 0 bridgehead atoms. The molecule has 1 atom stereocenters. The summed E-state index contributed by atoms with van der Waals surface area (Å²) in [5.41, 5.74) is 1.17. The summed E-state index contributed by atoms with van der Waals surface area (Å²) < 4.78 is 13.1. The highest BCUT2D eigenvalue weighted by Crippen LogP contribution is 2.31. The molecule has 21 heavy (non-hydrogen) atoms. The minimum Gasteiger partial charge on any atom is -0.314 e. The number of nitrogens with one attached hydrogen (secondary N) is 1. The van der Waals surface area contributed by atoms with Gasteiger partial charge >= 0.3 is 0 Å². The van der Waals surface area contributed by atoms with Crippen molar-refractivity contribution in [1.82, 2.24) is 10.2 Å². The lowest BCUT2D eigenvalue weighted by Crippen LogP contribution is -2.45. The Kier molecular flexibility index (Phi) is 7.63. The van der Waals surface area contributed by atoms with Crippen molar-refractivity contribution in [3.63, 3.8) is 0 Å². The normalized spacial score (nSPS) is 16.6. The van der Waals surface area contributed by atoms with E-state index in [9.17, 15) is 4.39 Å². The van der Waals surface area contributed by atoms with Crippen LogP contribution in [0.4, 0.5) is 4.39 Å². The fourth-order valence-electron chi connectivity index (χ4n) is 2.59. The van der Waals surface area contributed by atoms with E-state index in [2.05, 4.69) is 27.7 Å². The summed E-state index contributed by atoms with van der Waals surface area (Å²) in [5, 5.41) is 5.48. The van der Waals surface area contributed by atoms with Crippen LogP contribution in [-0.2, 0) is 0 Å². The third-order valence-electron chi connectivity index (χ3n) is 3.52. The Hall–Kier alpha value is -0.650. The molecule has 1 aromatic heterocycles. The summed E-state index contributed by atoms with van der Waals surface area (Å²) in [5.74, 6) is -0.172. The quantitative estimate of drug-likeness (QED) is 0.909. The first-order chi connectivity index (χ1) is 9.34. The summed E-state index contributed by atoms with van der Waals surface area (Å²) >= 11 is 1.77. The van der Waals surface area contributed by atoms with Gasteiger partial charge in [0, 0.05) is 31.1 Å². The van der Waals surface area contributed by atoms with Crippen LogP contribution < -0.4 is 5.32 Å². The number of nitrogens with zero attached hydrogens (tertiary/aromatic N) is 1. The first-order valence-corrected chi connectivity index (χ1v) is 7.46. The van der Waals surface area contributed by atoms with Crippen LogP contribution in [0.25, 0.3) is 0 Å². The average Bonchev–Trinajstić information content (AvgIpc) is 2.96. The monoisotopic (exact) mass is 348 g/mol. The van der Waals surface area contributed by atoms with Crippen molar-refractivity contribution < 1.29 is 4.39 Å². The standard InChI is InChI=1S/C15H17FN2S.2ClH/c16-13-5-3-12(4-6-13)15(14-2-1-11-19-14)18-9-7-17-8-10-18;;/h1-6,11,15,17H,7-10H2;2*1H/t15-;;/m0../s1. The van der Waals surface area contributed by atoms with Gasteiger partial charge in [-0.25, -0.2) is 4.39 Å². The molecule has 0 aliphatic carbocycles. The Labute approximate surface area is 141 Å². The zero-order chi connectivity index (χ0) is 13.1. The van der Waals surface area contributed by atoms with E-state index >= 15 is 0 Å². The Balaban J connectivity index is 0.00000110. The number of piperazine rings is 1.